The SMILES string of the molecule is O=C(O)[C@@H]1CSCN1S(=O)(=O)c1ccc(Cl)cc1F. The van der Waals surface area contributed by atoms with E-state index in [1.54, 1.807) is 0 Å². The van der Waals surface area contributed by atoms with Crippen LogP contribution in [-0.4, -0.2) is 41.5 Å². The van der Waals surface area contributed by atoms with Gasteiger partial charge in [0, 0.05) is 10.8 Å². The summed E-state index contributed by atoms with van der Waals surface area (Å²) in [5, 5.41) is 9.04. The van der Waals surface area contributed by atoms with E-state index in [1.807, 2.05) is 0 Å². The number of aliphatic carboxylic acids is 1. The van der Waals surface area contributed by atoms with Crippen molar-refractivity contribution in [3.63, 3.8) is 0 Å². The number of benzene rings is 1. The number of halogens is 2. The monoisotopic (exact) mass is 325 g/mol. The van der Waals surface area contributed by atoms with Crippen molar-refractivity contribution in [3.8, 4) is 0 Å². The van der Waals surface area contributed by atoms with Gasteiger partial charge in [-0.05, 0) is 18.2 Å². The lowest BCUT2D eigenvalue weighted by atomic mass is 10.3. The lowest BCUT2D eigenvalue weighted by molar-refractivity contribution is -0.140. The second-order valence-electron chi connectivity index (χ2n) is 3.82. The Bertz CT molecular complexity index is 622. The minimum absolute atomic E-state index is 0.0125. The summed E-state index contributed by atoms with van der Waals surface area (Å²) >= 11 is 6.73. The lowest BCUT2D eigenvalue weighted by Crippen LogP contribution is -2.41. The summed E-state index contributed by atoms with van der Waals surface area (Å²) in [4.78, 5) is 10.4. The molecule has 0 radical (unpaired) electrons. The quantitative estimate of drug-likeness (QED) is 0.914. The summed E-state index contributed by atoms with van der Waals surface area (Å²) in [5.74, 6) is -2.11. The van der Waals surface area contributed by atoms with Gasteiger partial charge in [0.1, 0.15) is 16.8 Å². The standard InChI is InChI=1S/C10H9ClFNO4S2/c11-6-1-2-9(7(12)3-6)19(16,17)13-5-18-4-8(13)10(14)15/h1-3,8H,4-5H2,(H,14,15)/t8-/m0/s1. The number of hydrogen-bond donors (Lipinski definition) is 1. The van der Waals surface area contributed by atoms with Crippen molar-refractivity contribution in [2.24, 2.45) is 0 Å². The molecule has 0 aliphatic carbocycles. The molecule has 1 aromatic carbocycles. The van der Waals surface area contributed by atoms with Crippen LogP contribution in [0.2, 0.25) is 5.02 Å². The fourth-order valence-corrected chi connectivity index (χ4v) is 5.01. The van der Waals surface area contributed by atoms with Crippen LogP contribution in [0.25, 0.3) is 0 Å². The van der Waals surface area contributed by atoms with Crippen LogP contribution in [0, 0.1) is 5.82 Å². The van der Waals surface area contributed by atoms with Gasteiger partial charge in [-0.1, -0.05) is 11.6 Å². The molecule has 1 atom stereocenters. The highest BCUT2D eigenvalue weighted by Crippen LogP contribution is 2.30. The molecule has 1 heterocycles. The predicted octanol–water partition coefficient (Wildman–Crippen LogP) is 1.63. The highest BCUT2D eigenvalue weighted by Gasteiger charge is 2.41. The fourth-order valence-electron chi connectivity index (χ4n) is 1.67. The number of carbonyl (C=O) groups is 1. The van der Waals surface area contributed by atoms with Crippen LogP contribution in [0.5, 0.6) is 0 Å². The van der Waals surface area contributed by atoms with Gasteiger partial charge in [0.15, 0.2) is 0 Å². The molecule has 1 aromatic rings. The van der Waals surface area contributed by atoms with Gasteiger partial charge in [-0.15, -0.1) is 11.8 Å². The maximum atomic E-state index is 13.7. The molecule has 1 fully saturated rings. The number of rotatable bonds is 3. The number of thioether (sulfide) groups is 1. The molecule has 1 saturated heterocycles. The van der Waals surface area contributed by atoms with Crippen molar-refractivity contribution in [3.05, 3.63) is 29.0 Å². The normalized spacial score (nSPS) is 20.6. The third kappa shape index (κ3) is 2.71. The summed E-state index contributed by atoms with van der Waals surface area (Å²) in [6.07, 6.45) is 0. The summed E-state index contributed by atoms with van der Waals surface area (Å²) in [5.41, 5.74) is 0. The number of sulfonamides is 1. The smallest absolute Gasteiger partial charge is 0.322 e. The van der Waals surface area contributed by atoms with Crippen LogP contribution in [0.4, 0.5) is 4.39 Å². The minimum atomic E-state index is -4.18. The van der Waals surface area contributed by atoms with Gasteiger partial charge in [-0.25, -0.2) is 12.8 Å². The average Bonchev–Trinajstić information content (AvgIpc) is 2.77. The average molecular weight is 326 g/mol. The van der Waals surface area contributed by atoms with E-state index in [1.165, 1.54) is 17.8 Å². The Morgan fingerprint density at radius 3 is 2.79 bits per heavy atom. The van der Waals surface area contributed by atoms with Crippen molar-refractivity contribution in [2.75, 3.05) is 11.6 Å². The highest BCUT2D eigenvalue weighted by atomic mass is 35.5. The summed E-state index contributed by atoms with van der Waals surface area (Å²) in [7, 11) is -4.18. The molecule has 104 valence electrons. The maximum absolute atomic E-state index is 13.7. The number of carboxylic acids is 1. The Kier molecular flexibility index (Phi) is 4.05. The van der Waals surface area contributed by atoms with E-state index in [-0.39, 0.29) is 16.7 Å². The van der Waals surface area contributed by atoms with Crippen LogP contribution in [0.15, 0.2) is 23.1 Å². The number of nitrogens with zero attached hydrogens (tertiary/aromatic N) is 1. The van der Waals surface area contributed by atoms with Crippen LogP contribution in [-0.2, 0) is 14.8 Å². The van der Waals surface area contributed by atoms with Crippen LogP contribution in [0.1, 0.15) is 0 Å². The van der Waals surface area contributed by atoms with Crippen LogP contribution in [0.3, 0.4) is 0 Å². The molecule has 9 heteroatoms. The van der Waals surface area contributed by atoms with Gasteiger partial charge >= 0.3 is 5.97 Å². The molecule has 0 bridgehead atoms. The summed E-state index contributed by atoms with van der Waals surface area (Å²) in [6, 6.07) is 1.99. The molecule has 0 amide bonds. The second kappa shape index (κ2) is 5.28. The van der Waals surface area contributed by atoms with Crippen molar-refractivity contribution >= 4 is 39.4 Å². The van der Waals surface area contributed by atoms with Gasteiger partial charge in [0.25, 0.3) is 0 Å². The van der Waals surface area contributed by atoms with Crippen molar-refractivity contribution < 1.29 is 22.7 Å². The predicted molar refractivity (Wildman–Crippen MR) is 69.2 cm³/mol. The van der Waals surface area contributed by atoms with Gasteiger partial charge in [-0.3, -0.25) is 4.79 Å². The molecule has 2 rings (SSSR count). The molecule has 1 N–H and O–H groups in total. The second-order valence-corrected chi connectivity index (χ2v) is 7.12. The molecule has 1 aliphatic rings. The minimum Gasteiger partial charge on any atom is -0.480 e. The zero-order chi connectivity index (χ0) is 14.2. The van der Waals surface area contributed by atoms with E-state index in [0.717, 1.165) is 16.4 Å². The van der Waals surface area contributed by atoms with E-state index in [2.05, 4.69) is 0 Å². The first kappa shape index (κ1) is 14.6. The molecular formula is C10H9ClFNO4S2. The Labute approximate surface area is 118 Å². The van der Waals surface area contributed by atoms with Crippen LogP contribution >= 0.6 is 23.4 Å². The molecule has 0 unspecified atom stereocenters. The molecule has 19 heavy (non-hydrogen) atoms. The molecular weight excluding hydrogens is 317 g/mol. The Hall–Kier alpha value is -0.830. The van der Waals surface area contributed by atoms with Gasteiger partial charge in [0.2, 0.25) is 10.0 Å². The van der Waals surface area contributed by atoms with E-state index < -0.39 is 32.7 Å². The number of carboxylic acid groups (broad SMARTS) is 1. The Morgan fingerprint density at radius 2 is 2.21 bits per heavy atom. The molecule has 5 nitrogen and oxygen atoms in total. The molecule has 1 aliphatic heterocycles. The van der Waals surface area contributed by atoms with E-state index in [9.17, 15) is 17.6 Å². The maximum Gasteiger partial charge on any atom is 0.322 e. The number of hydrogen-bond acceptors (Lipinski definition) is 4. The summed E-state index contributed by atoms with van der Waals surface area (Å²) in [6.45, 7) is 0. The van der Waals surface area contributed by atoms with Gasteiger partial charge in [0.05, 0.1) is 5.88 Å². The van der Waals surface area contributed by atoms with Crippen LogP contribution < -0.4 is 0 Å². The van der Waals surface area contributed by atoms with Crippen molar-refractivity contribution in [2.45, 2.75) is 10.9 Å². The van der Waals surface area contributed by atoms with E-state index in [4.69, 9.17) is 16.7 Å². The van der Waals surface area contributed by atoms with Gasteiger partial charge in [-0.2, -0.15) is 4.31 Å². The summed E-state index contributed by atoms with van der Waals surface area (Å²) < 4.78 is 39.0. The Balaban J connectivity index is 2.45. The Morgan fingerprint density at radius 1 is 1.53 bits per heavy atom. The van der Waals surface area contributed by atoms with Crippen molar-refractivity contribution in [1.82, 2.24) is 4.31 Å². The van der Waals surface area contributed by atoms with E-state index in [0.29, 0.717) is 0 Å². The topological polar surface area (TPSA) is 74.7 Å². The molecule has 0 saturated carbocycles. The fraction of sp³-hybridized carbons (Fsp3) is 0.300. The zero-order valence-electron chi connectivity index (χ0n) is 9.42. The first-order chi connectivity index (χ1) is 8.84. The third-order valence-corrected chi connectivity index (χ3v) is 5.91. The third-order valence-electron chi connectivity index (χ3n) is 2.61. The lowest BCUT2D eigenvalue weighted by Gasteiger charge is -2.20. The first-order valence-electron chi connectivity index (χ1n) is 5.11. The first-order valence-corrected chi connectivity index (χ1v) is 8.09. The molecule has 0 aromatic heterocycles. The van der Waals surface area contributed by atoms with E-state index >= 15 is 0 Å². The zero-order valence-corrected chi connectivity index (χ0v) is 11.8. The molecule has 0 spiro atoms. The van der Waals surface area contributed by atoms with Gasteiger partial charge < -0.3 is 5.11 Å². The largest absolute Gasteiger partial charge is 0.480 e. The van der Waals surface area contributed by atoms with Crippen molar-refractivity contribution in [1.29, 1.82) is 0 Å². The highest BCUT2D eigenvalue weighted by molar-refractivity contribution is 8.00.